The standard InChI is InChI=1S/C13H13F2NO2/c1-2-3-13(18)16-7-9(17)4-8-5-10(14)11(15)6-12(8)16/h5-6H,2-4,7H2,1H3. The predicted molar refractivity (Wildman–Crippen MR) is 62.3 cm³/mol. The van der Waals surface area contributed by atoms with Crippen molar-refractivity contribution in [1.29, 1.82) is 0 Å². The van der Waals surface area contributed by atoms with Crippen molar-refractivity contribution in [1.82, 2.24) is 0 Å². The van der Waals surface area contributed by atoms with E-state index in [0.717, 1.165) is 12.1 Å². The molecule has 0 aliphatic carbocycles. The molecule has 0 saturated carbocycles. The highest BCUT2D eigenvalue weighted by molar-refractivity contribution is 6.03. The summed E-state index contributed by atoms with van der Waals surface area (Å²) in [7, 11) is 0. The van der Waals surface area contributed by atoms with Gasteiger partial charge in [0.2, 0.25) is 5.91 Å². The largest absolute Gasteiger partial charge is 0.305 e. The molecule has 0 radical (unpaired) electrons. The van der Waals surface area contributed by atoms with Crippen LogP contribution in [0.15, 0.2) is 12.1 Å². The summed E-state index contributed by atoms with van der Waals surface area (Å²) >= 11 is 0. The number of benzene rings is 1. The Morgan fingerprint density at radius 3 is 2.67 bits per heavy atom. The smallest absolute Gasteiger partial charge is 0.227 e. The number of amides is 1. The van der Waals surface area contributed by atoms with Crippen LogP contribution in [0.5, 0.6) is 0 Å². The number of nitrogens with zero attached hydrogens (tertiary/aromatic N) is 1. The number of hydrogen-bond acceptors (Lipinski definition) is 2. The van der Waals surface area contributed by atoms with Crippen molar-refractivity contribution < 1.29 is 18.4 Å². The molecule has 0 unspecified atom stereocenters. The molecule has 18 heavy (non-hydrogen) atoms. The molecule has 0 spiro atoms. The van der Waals surface area contributed by atoms with Crippen molar-refractivity contribution >= 4 is 17.4 Å². The summed E-state index contributed by atoms with van der Waals surface area (Å²) in [6.45, 7) is 1.78. The number of anilines is 1. The molecule has 1 aromatic rings. The van der Waals surface area contributed by atoms with Crippen LogP contribution in [0.4, 0.5) is 14.5 Å². The van der Waals surface area contributed by atoms with E-state index < -0.39 is 11.6 Å². The minimum atomic E-state index is -1.00. The highest BCUT2D eigenvalue weighted by Crippen LogP contribution is 2.28. The van der Waals surface area contributed by atoms with Gasteiger partial charge in [0.25, 0.3) is 0 Å². The molecule has 1 heterocycles. The van der Waals surface area contributed by atoms with Gasteiger partial charge in [0.05, 0.1) is 12.2 Å². The van der Waals surface area contributed by atoms with Gasteiger partial charge in [-0.3, -0.25) is 9.59 Å². The van der Waals surface area contributed by atoms with Gasteiger partial charge in [-0.2, -0.15) is 0 Å². The summed E-state index contributed by atoms with van der Waals surface area (Å²) in [5.41, 5.74) is 0.682. The number of rotatable bonds is 2. The highest BCUT2D eigenvalue weighted by atomic mass is 19.2. The lowest BCUT2D eigenvalue weighted by Gasteiger charge is -2.28. The van der Waals surface area contributed by atoms with Crippen molar-refractivity contribution in [3.63, 3.8) is 0 Å². The van der Waals surface area contributed by atoms with E-state index in [1.54, 1.807) is 0 Å². The Balaban J connectivity index is 2.44. The number of carbonyl (C=O) groups is 2. The Kier molecular flexibility index (Phi) is 3.41. The Morgan fingerprint density at radius 1 is 1.33 bits per heavy atom. The average Bonchev–Trinajstić information content (AvgIpc) is 2.30. The molecule has 0 aromatic heterocycles. The first-order valence-corrected chi connectivity index (χ1v) is 5.83. The Morgan fingerprint density at radius 2 is 2.00 bits per heavy atom. The number of hydrogen-bond donors (Lipinski definition) is 0. The van der Waals surface area contributed by atoms with E-state index in [9.17, 15) is 18.4 Å². The second-order valence-electron chi connectivity index (χ2n) is 4.34. The van der Waals surface area contributed by atoms with E-state index in [2.05, 4.69) is 0 Å². The van der Waals surface area contributed by atoms with Gasteiger partial charge >= 0.3 is 0 Å². The van der Waals surface area contributed by atoms with E-state index >= 15 is 0 Å². The molecule has 0 bridgehead atoms. The molecule has 3 nitrogen and oxygen atoms in total. The van der Waals surface area contributed by atoms with E-state index in [1.165, 1.54) is 4.90 Å². The fraction of sp³-hybridized carbons (Fsp3) is 0.385. The summed E-state index contributed by atoms with van der Waals surface area (Å²) in [6.07, 6.45) is 0.969. The van der Waals surface area contributed by atoms with E-state index in [4.69, 9.17) is 0 Å². The van der Waals surface area contributed by atoms with Crippen LogP contribution in [0.25, 0.3) is 0 Å². The van der Waals surface area contributed by atoms with Gasteiger partial charge in [-0.15, -0.1) is 0 Å². The van der Waals surface area contributed by atoms with Crippen LogP contribution in [-0.4, -0.2) is 18.2 Å². The molecule has 5 heteroatoms. The summed E-state index contributed by atoms with van der Waals surface area (Å²) in [4.78, 5) is 24.6. The molecule has 1 aliphatic heterocycles. The highest BCUT2D eigenvalue weighted by Gasteiger charge is 2.28. The summed E-state index contributed by atoms with van der Waals surface area (Å²) in [6, 6.07) is 1.98. The summed E-state index contributed by atoms with van der Waals surface area (Å²) in [5, 5.41) is 0. The molecular weight excluding hydrogens is 240 g/mol. The van der Waals surface area contributed by atoms with E-state index in [-0.39, 0.29) is 31.1 Å². The Bertz CT molecular complexity index is 514. The van der Waals surface area contributed by atoms with Gasteiger partial charge in [0, 0.05) is 18.9 Å². The monoisotopic (exact) mass is 253 g/mol. The quantitative estimate of drug-likeness (QED) is 0.810. The average molecular weight is 253 g/mol. The second-order valence-corrected chi connectivity index (χ2v) is 4.34. The molecular formula is C13H13F2NO2. The van der Waals surface area contributed by atoms with Crippen molar-refractivity contribution in [3.05, 3.63) is 29.3 Å². The maximum absolute atomic E-state index is 13.2. The van der Waals surface area contributed by atoms with Gasteiger partial charge in [0.1, 0.15) is 0 Å². The van der Waals surface area contributed by atoms with Gasteiger partial charge in [-0.1, -0.05) is 6.92 Å². The zero-order valence-electron chi connectivity index (χ0n) is 10.0. The molecule has 1 amide bonds. The zero-order chi connectivity index (χ0) is 13.3. The first-order chi connectivity index (χ1) is 8.52. The Hall–Kier alpha value is -1.78. The summed E-state index contributed by atoms with van der Waals surface area (Å²) < 4.78 is 26.3. The van der Waals surface area contributed by atoms with Gasteiger partial charge < -0.3 is 4.90 Å². The lowest BCUT2D eigenvalue weighted by Crippen LogP contribution is -2.40. The maximum Gasteiger partial charge on any atom is 0.227 e. The van der Waals surface area contributed by atoms with Crippen LogP contribution in [0.2, 0.25) is 0 Å². The molecule has 0 N–H and O–H groups in total. The minimum Gasteiger partial charge on any atom is -0.305 e. The number of ketones is 1. The van der Waals surface area contributed by atoms with Crippen LogP contribution < -0.4 is 4.90 Å². The number of halogens is 2. The minimum absolute atomic E-state index is 0.0441. The van der Waals surface area contributed by atoms with Crippen molar-refractivity contribution in [3.8, 4) is 0 Å². The molecule has 0 fully saturated rings. The van der Waals surface area contributed by atoms with Crippen LogP contribution >= 0.6 is 0 Å². The third kappa shape index (κ3) is 2.25. The van der Waals surface area contributed by atoms with E-state index in [0.29, 0.717) is 17.7 Å². The van der Waals surface area contributed by atoms with Crippen molar-refractivity contribution in [2.24, 2.45) is 0 Å². The molecule has 1 aliphatic rings. The molecule has 0 saturated heterocycles. The van der Waals surface area contributed by atoms with Crippen LogP contribution in [0.3, 0.4) is 0 Å². The lowest BCUT2D eigenvalue weighted by molar-refractivity contribution is -0.123. The van der Waals surface area contributed by atoms with Crippen molar-refractivity contribution in [2.45, 2.75) is 26.2 Å². The van der Waals surface area contributed by atoms with Crippen LogP contribution in [0, 0.1) is 11.6 Å². The number of Topliss-reactive ketones (excluding diaryl/α,β-unsaturated/α-hetero) is 1. The fourth-order valence-corrected chi connectivity index (χ4v) is 2.07. The lowest BCUT2D eigenvalue weighted by atomic mass is 10.00. The molecule has 1 aromatic carbocycles. The van der Waals surface area contributed by atoms with Gasteiger partial charge in [0.15, 0.2) is 17.4 Å². The van der Waals surface area contributed by atoms with Gasteiger partial charge in [-0.05, 0) is 18.1 Å². The van der Waals surface area contributed by atoms with Gasteiger partial charge in [-0.25, -0.2) is 8.78 Å². The Labute approximate surface area is 103 Å². The van der Waals surface area contributed by atoms with Crippen molar-refractivity contribution in [2.75, 3.05) is 11.4 Å². The zero-order valence-corrected chi connectivity index (χ0v) is 10.0. The fourth-order valence-electron chi connectivity index (χ4n) is 2.07. The van der Waals surface area contributed by atoms with Crippen LogP contribution in [-0.2, 0) is 16.0 Å². The third-order valence-corrected chi connectivity index (χ3v) is 2.90. The summed E-state index contributed by atoms with van der Waals surface area (Å²) in [5.74, 6) is -2.40. The van der Waals surface area contributed by atoms with E-state index in [1.807, 2.05) is 6.92 Å². The van der Waals surface area contributed by atoms with Crippen LogP contribution in [0.1, 0.15) is 25.3 Å². The number of carbonyl (C=O) groups excluding carboxylic acids is 2. The molecule has 96 valence electrons. The SMILES string of the molecule is CCCC(=O)N1CC(=O)Cc2cc(F)c(F)cc21. The molecule has 2 rings (SSSR count). The topological polar surface area (TPSA) is 37.4 Å². The normalized spacial score (nSPS) is 14.6. The number of fused-ring (bicyclic) bond motifs is 1. The molecule has 0 atom stereocenters. The second kappa shape index (κ2) is 4.84. The third-order valence-electron chi connectivity index (χ3n) is 2.90. The first-order valence-electron chi connectivity index (χ1n) is 5.83. The first kappa shape index (κ1) is 12.7. The maximum atomic E-state index is 13.2. The predicted octanol–water partition coefficient (Wildman–Crippen LogP) is 2.22.